The van der Waals surface area contributed by atoms with Crippen LogP contribution in [0.3, 0.4) is 0 Å². The number of carbonyl (C=O) groups is 4. The quantitative estimate of drug-likeness (QED) is 0.0521. The van der Waals surface area contributed by atoms with Gasteiger partial charge in [-0.1, -0.05) is 77.6 Å². The van der Waals surface area contributed by atoms with Crippen LogP contribution in [0, 0.1) is 0 Å². The Labute approximate surface area is 407 Å². The summed E-state index contributed by atoms with van der Waals surface area (Å²) in [6, 6.07) is 34.9. The van der Waals surface area contributed by atoms with E-state index in [0.29, 0.717) is 93.2 Å². The number of nitrogens with zero attached hydrogens (tertiary/aromatic N) is 6. The molecule has 358 valence electrons. The predicted molar refractivity (Wildman–Crippen MR) is 269 cm³/mol. The van der Waals surface area contributed by atoms with Gasteiger partial charge >= 0.3 is 23.9 Å². The molecule has 0 unspecified atom stereocenters. The first-order valence-corrected chi connectivity index (χ1v) is 23.9. The van der Waals surface area contributed by atoms with Gasteiger partial charge in [0.15, 0.2) is 0 Å². The molecule has 1 aliphatic heterocycles. The van der Waals surface area contributed by atoms with E-state index in [-0.39, 0.29) is 48.7 Å². The lowest BCUT2D eigenvalue weighted by atomic mass is 9.99. The fourth-order valence-electron chi connectivity index (χ4n) is 7.23. The Balaban J connectivity index is 1.43. The number of benzene rings is 6. The second-order valence-electron chi connectivity index (χ2n) is 16.7. The molecule has 14 nitrogen and oxygen atoms in total. The van der Waals surface area contributed by atoms with Gasteiger partial charge in [-0.3, -0.25) is 0 Å². The first-order chi connectivity index (χ1) is 34.1. The summed E-state index contributed by atoms with van der Waals surface area (Å²) in [7, 11) is 0. The van der Waals surface area contributed by atoms with E-state index in [1.54, 1.807) is 84.9 Å². The van der Waals surface area contributed by atoms with Crippen molar-refractivity contribution in [1.29, 1.82) is 0 Å². The van der Waals surface area contributed by atoms with Crippen molar-refractivity contribution in [3.8, 4) is 33.4 Å². The molecule has 0 saturated heterocycles. The number of fused-ring (bicyclic) bond motifs is 15. The summed E-state index contributed by atoms with van der Waals surface area (Å²) in [5.74, 6) is -2.10. The average molecular weight is 941 g/mol. The Bertz CT molecular complexity index is 2750. The summed E-state index contributed by atoms with van der Waals surface area (Å²) in [6.07, 6.45) is 6.21. The van der Waals surface area contributed by atoms with E-state index in [0.717, 1.165) is 25.7 Å². The van der Waals surface area contributed by atoms with Crippen LogP contribution in [-0.4, -0.2) is 50.3 Å². The van der Waals surface area contributed by atoms with Gasteiger partial charge in [-0.15, -0.1) is 0 Å². The second-order valence-corrected chi connectivity index (χ2v) is 16.7. The highest BCUT2D eigenvalue weighted by Gasteiger charge is 2.18. The third-order valence-corrected chi connectivity index (χ3v) is 11.1. The molecule has 0 fully saturated rings. The summed E-state index contributed by atoms with van der Waals surface area (Å²) in [6.45, 7) is 9.06. The van der Waals surface area contributed by atoms with Crippen molar-refractivity contribution >= 4 is 58.0 Å². The molecule has 0 aliphatic carbocycles. The fourth-order valence-corrected chi connectivity index (χ4v) is 7.23. The monoisotopic (exact) mass is 940 g/mol. The molecule has 0 aromatic heterocycles. The molecule has 70 heavy (non-hydrogen) atoms. The number of hydrogen-bond donors (Lipinski definition) is 0. The fraction of sp³-hybridized carbons (Fsp3) is 0.286. The second kappa shape index (κ2) is 24.9. The van der Waals surface area contributed by atoms with Crippen LogP contribution in [0.4, 0.5) is 34.1 Å². The van der Waals surface area contributed by atoms with E-state index in [2.05, 4.69) is 30.7 Å². The van der Waals surface area contributed by atoms with Crippen LogP contribution in [0.2, 0.25) is 0 Å². The van der Waals surface area contributed by atoms with Gasteiger partial charge in [0.05, 0.1) is 82.8 Å². The van der Waals surface area contributed by atoms with Crippen LogP contribution in [0.1, 0.15) is 120 Å². The Morgan fingerprint density at radius 3 is 0.829 bits per heavy atom. The van der Waals surface area contributed by atoms with Crippen molar-refractivity contribution < 1.29 is 38.1 Å². The van der Waals surface area contributed by atoms with Crippen LogP contribution in [0.5, 0.6) is 0 Å². The molecule has 14 heteroatoms. The normalized spacial score (nSPS) is 11.6. The standard InChI is InChI=1S/C56H56N6O8/c1-5-9-19-67-53(63)43-23-39-29-49(33-43)61-62-50-30-40(24-44(34-50)54(64)68-20-10-6-2)38-16-14-18-48(28-38)58-60-52-32-42(26-46(36-52)56(66)70-22-12-8-4)41-25-45(55(65)69-21-11-7-3)35-51(31-41)59-57-47-17-13-15-37(39)27-47/h13-18,23-36H,5-12,19-22H2,1-4H3. The highest BCUT2D eigenvalue weighted by molar-refractivity contribution is 5.96. The van der Waals surface area contributed by atoms with Crippen LogP contribution in [0.15, 0.2) is 152 Å². The van der Waals surface area contributed by atoms with Crippen LogP contribution >= 0.6 is 0 Å². The smallest absolute Gasteiger partial charge is 0.338 e. The van der Waals surface area contributed by atoms with Crippen molar-refractivity contribution in [1.82, 2.24) is 0 Å². The molecule has 0 amide bonds. The number of ether oxygens (including phenoxy) is 4. The van der Waals surface area contributed by atoms with E-state index >= 15 is 0 Å². The minimum absolute atomic E-state index is 0.236. The minimum atomic E-state index is -0.538. The highest BCUT2D eigenvalue weighted by atomic mass is 16.5. The number of unbranched alkanes of at least 4 members (excludes halogenated alkanes) is 4. The predicted octanol–water partition coefficient (Wildman–Crippen LogP) is 16.1. The SMILES string of the molecule is CCCCOC(=O)c1cc2cc(c1)-c1cccc(c1)N=Nc1cc(C(=O)OCCCC)cc(c1)-c1cc(cc(C(=O)OCCCC)c1)N=Nc1cccc(c1)-c1cc(cc(C(=O)OCCCC)c1)N=N2. The van der Waals surface area contributed by atoms with Gasteiger partial charge in [-0.25, -0.2) is 19.2 Å². The third kappa shape index (κ3) is 13.8. The Morgan fingerprint density at radius 2 is 0.557 bits per heavy atom. The van der Waals surface area contributed by atoms with Crippen molar-refractivity contribution in [2.45, 2.75) is 79.1 Å². The third-order valence-electron chi connectivity index (χ3n) is 11.1. The van der Waals surface area contributed by atoms with Gasteiger partial charge in [0, 0.05) is 0 Å². The summed E-state index contributed by atoms with van der Waals surface area (Å²) in [5.41, 5.74) is 7.10. The minimum Gasteiger partial charge on any atom is -0.462 e. The number of azo groups is 3. The molecule has 0 saturated carbocycles. The Kier molecular flexibility index (Phi) is 17.7. The summed E-state index contributed by atoms with van der Waals surface area (Å²) >= 11 is 0. The largest absolute Gasteiger partial charge is 0.462 e. The van der Waals surface area contributed by atoms with E-state index in [1.165, 1.54) is 0 Å². The molecule has 0 spiro atoms. The zero-order chi connectivity index (χ0) is 49.2. The molecule has 0 N–H and O–H groups in total. The number of esters is 4. The zero-order valence-corrected chi connectivity index (χ0v) is 40.0. The highest BCUT2D eigenvalue weighted by Crippen LogP contribution is 2.36. The van der Waals surface area contributed by atoms with E-state index in [1.807, 2.05) is 64.1 Å². The van der Waals surface area contributed by atoms with Crippen molar-refractivity contribution in [2.24, 2.45) is 30.7 Å². The summed E-state index contributed by atoms with van der Waals surface area (Å²) in [5, 5.41) is 27.6. The van der Waals surface area contributed by atoms with Gasteiger partial charge in [0.1, 0.15) is 0 Å². The molecule has 7 rings (SSSR count). The van der Waals surface area contributed by atoms with Crippen LogP contribution in [0.25, 0.3) is 33.4 Å². The molecule has 0 atom stereocenters. The lowest BCUT2D eigenvalue weighted by Gasteiger charge is -2.11. The molecule has 1 aliphatic rings. The molecule has 6 aromatic carbocycles. The summed E-state index contributed by atoms with van der Waals surface area (Å²) < 4.78 is 22.5. The maximum absolute atomic E-state index is 13.5. The first-order valence-electron chi connectivity index (χ1n) is 23.9. The molecule has 12 bridgehead atoms. The van der Waals surface area contributed by atoms with E-state index in [9.17, 15) is 19.2 Å². The van der Waals surface area contributed by atoms with Crippen molar-refractivity contribution in [3.63, 3.8) is 0 Å². The van der Waals surface area contributed by atoms with Gasteiger partial charge < -0.3 is 18.9 Å². The number of rotatable bonds is 16. The van der Waals surface area contributed by atoms with Crippen LogP contribution < -0.4 is 0 Å². The number of carbonyl (C=O) groups excluding carboxylic acids is 4. The molecular formula is C56H56N6O8. The lowest BCUT2D eigenvalue weighted by Crippen LogP contribution is -2.07. The maximum Gasteiger partial charge on any atom is 0.338 e. The van der Waals surface area contributed by atoms with E-state index in [4.69, 9.17) is 18.9 Å². The molecule has 1 heterocycles. The molecule has 0 radical (unpaired) electrons. The van der Waals surface area contributed by atoms with E-state index < -0.39 is 23.9 Å². The Morgan fingerprint density at radius 1 is 0.314 bits per heavy atom. The Hall–Kier alpha value is -8.00. The molecule has 6 aromatic rings. The topological polar surface area (TPSA) is 179 Å². The number of hydrogen-bond acceptors (Lipinski definition) is 14. The van der Waals surface area contributed by atoms with Gasteiger partial charge in [0.2, 0.25) is 0 Å². The van der Waals surface area contributed by atoms with Crippen molar-refractivity contribution in [3.05, 3.63) is 144 Å². The first kappa shape index (κ1) is 49.9. The van der Waals surface area contributed by atoms with Crippen LogP contribution in [-0.2, 0) is 18.9 Å². The zero-order valence-electron chi connectivity index (χ0n) is 40.0. The van der Waals surface area contributed by atoms with Crippen molar-refractivity contribution in [2.75, 3.05) is 26.4 Å². The lowest BCUT2D eigenvalue weighted by molar-refractivity contribution is 0.0490. The van der Waals surface area contributed by atoms with Gasteiger partial charge in [-0.05, 0) is 156 Å². The molecular weight excluding hydrogens is 885 g/mol. The summed E-state index contributed by atoms with van der Waals surface area (Å²) in [4.78, 5) is 54.0. The van der Waals surface area contributed by atoms with Gasteiger partial charge in [-0.2, -0.15) is 30.7 Å². The average Bonchev–Trinajstić information content (AvgIpc) is 3.38. The maximum atomic E-state index is 13.5. The van der Waals surface area contributed by atoms with Gasteiger partial charge in [0.25, 0.3) is 0 Å².